The molecule has 3 fully saturated rings. The monoisotopic (exact) mass is 490 g/mol. The molecule has 144 valence electrons. The number of hydrogen-bond acceptors (Lipinski definition) is 4. The Bertz CT molecular complexity index is 634. The molecular weight excluding hydrogens is 463 g/mol. The average Bonchev–Trinajstić information content (AvgIpc) is 3.35. The van der Waals surface area contributed by atoms with Gasteiger partial charge in [0.2, 0.25) is 5.91 Å². The zero-order valence-electron chi connectivity index (χ0n) is 15.3. The van der Waals surface area contributed by atoms with E-state index in [2.05, 4.69) is 32.7 Å². The van der Waals surface area contributed by atoms with Crippen molar-refractivity contribution in [3.63, 3.8) is 0 Å². The van der Waals surface area contributed by atoms with Crippen LogP contribution in [0.2, 0.25) is 0 Å². The number of rotatable bonds is 4. The Morgan fingerprint density at radius 1 is 1.35 bits per heavy atom. The van der Waals surface area contributed by atoms with Crippen LogP contribution in [0.1, 0.15) is 17.7 Å². The number of ether oxygens (including phenoxy) is 1. The molecule has 3 saturated heterocycles. The van der Waals surface area contributed by atoms with Gasteiger partial charge in [-0.15, -0.1) is 35.3 Å². The van der Waals surface area contributed by atoms with Crippen LogP contribution in [-0.4, -0.2) is 67.6 Å². The summed E-state index contributed by atoms with van der Waals surface area (Å²) in [5.74, 6) is 2.13. The molecule has 1 amide bonds. The van der Waals surface area contributed by atoms with E-state index in [-0.39, 0.29) is 36.4 Å². The van der Waals surface area contributed by atoms with Gasteiger partial charge in [-0.3, -0.25) is 4.79 Å². The molecule has 4 unspecified atom stereocenters. The van der Waals surface area contributed by atoms with Gasteiger partial charge in [0.15, 0.2) is 5.96 Å². The Labute approximate surface area is 176 Å². The average molecular weight is 490 g/mol. The zero-order valence-corrected chi connectivity index (χ0v) is 18.4. The van der Waals surface area contributed by atoms with E-state index in [0.717, 1.165) is 25.6 Å². The summed E-state index contributed by atoms with van der Waals surface area (Å²) in [6.07, 6.45) is 3.27. The number of amides is 1. The fraction of sp³-hybridized carbons (Fsp3) is 0.667. The summed E-state index contributed by atoms with van der Waals surface area (Å²) in [5, 5.41) is 5.55. The van der Waals surface area contributed by atoms with E-state index in [4.69, 9.17) is 4.74 Å². The van der Waals surface area contributed by atoms with E-state index in [1.165, 1.54) is 17.7 Å². The summed E-state index contributed by atoms with van der Waals surface area (Å²) < 4.78 is 6.07. The first-order valence-corrected chi connectivity index (χ1v) is 9.91. The normalized spacial score (nSPS) is 29.5. The minimum Gasteiger partial charge on any atom is -0.374 e. The highest BCUT2D eigenvalue weighted by molar-refractivity contribution is 14.0. The largest absolute Gasteiger partial charge is 0.374 e. The standard InChI is InChI=1S/C18H26N4O2S.HI/c1-21(2)17(23)9-20-18(19-8-12-4-3-7-25-12)22-10-13-14(11-22)16-6-5-15(13)24-16;/h3-4,7,13-16H,5-6,8-11H2,1-2H3,(H,19,20);1H. The third-order valence-electron chi connectivity index (χ3n) is 5.62. The summed E-state index contributed by atoms with van der Waals surface area (Å²) in [4.78, 5) is 21.8. The van der Waals surface area contributed by atoms with E-state index in [1.54, 1.807) is 30.3 Å². The number of hydrogen-bond donors (Lipinski definition) is 1. The third-order valence-corrected chi connectivity index (χ3v) is 6.49. The van der Waals surface area contributed by atoms with Gasteiger partial charge in [0.05, 0.1) is 18.8 Å². The number of carbonyl (C=O) groups is 1. The maximum Gasteiger partial charge on any atom is 0.243 e. The molecule has 6 nitrogen and oxygen atoms in total. The quantitative estimate of drug-likeness (QED) is 0.399. The van der Waals surface area contributed by atoms with Crippen molar-refractivity contribution in [3.05, 3.63) is 22.4 Å². The van der Waals surface area contributed by atoms with Crippen molar-refractivity contribution in [3.8, 4) is 0 Å². The first-order chi connectivity index (χ1) is 12.1. The Morgan fingerprint density at radius 2 is 2.04 bits per heavy atom. The van der Waals surface area contributed by atoms with Crippen LogP contribution in [0.4, 0.5) is 0 Å². The summed E-state index contributed by atoms with van der Waals surface area (Å²) in [5.41, 5.74) is 0. The highest BCUT2D eigenvalue weighted by Crippen LogP contribution is 2.47. The Hall–Kier alpha value is -0.870. The SMILES string of the molecule is CN(C)C(=O)CN=C(NCc1cccs1)N1CC2C3CCC(O3)C2C1.I. The van der Waals surface area contributed by atoms with Gasteiger partial charge in [0.1, 0.15) is 6.54 Å². The number of halogens is 1. The van der Waals surface area contributed by atoms with Gasteiger partial charge in [0, 0.05) is 43.9 Å². The lowest BCUT2D eigenvalue weighted by atomic mass is 9.82. The minimum absolute atomic E-state index is 0. The Balaban J connectivity index is 0.00000196. The smallest absolute Gasteiger partial charge is 0.243 e. The molecule has 0 spiro atoms. The molecule has 0 aromatic carbocycles. The highest BCUT2D eigenvalue weighted by atomic mass is 127. The molecule has 1 aromatic rings. The summed E-state index contributed by atoms with van der Waals surface area (Å²) in [6, 6.07) is 4.18. The molecule has 1 N–H and O–H groups in total. The second-order valence-electron chi connectivity index (χ2n) is 7.38. The molecule has 3 aliphatic rings. The van der Waals surface area contributed by atoms with E-state index in [9.17, 15) is 4.79 Å². The Kier molecular flexibility index (Phi) is 6.45. The zero-order chi connectivity index (χ0) is 17.4. The molecule has 4 rings (SSSR count). The molecule has 0 aliphatic carbocycles. The topological polar surface area (TPSA) is 57.2 Å². The van der Waals surface area contributed by atoms with Gasteiger partial charge >= 0.3 is 0 Å². The maximum atomic E-state index is 12.0. The first kappa shape index (κ1) is 19.9. The lowest BCUT2D eigenvalue weighted by molar-refractivity contribution is -0.127. The van der Waals surface area contributed by atoms with Gasteiger partial charge in [-0.25, -0.2) is 4.99 Å². The third kappa shape index (κ3) is 4.01. The number of likely N-dealkylation sites (N-methyl/N-ethyl adjacent to an activating group) is 1. The van der Waals surface area contributed by atoms with E-state index >= 15 is 0 Å². The van der Waals surface area contributed by atoms with Gasteiger partial charge < -0.3 is 19.9 Å². The number of likely N-dealkylation sites (tertiary alicyclic amines) is 1. The summed E-state index contributed by atoms with van der Waals surface area (Å²) >= 11 is 1.73. The van der Waals surface area contributed by atoms with Crippen molar-refractivity contribution in [2.24, 2.45) is 16.8 Å². The van der Waals surface area contributed by atoms with E-state index in [1.807, 2.05) is 0 Å². The van der Waals surface area contributed by atoms with Crippen molar-refractivity contribution < 1.29 is 9.53 Å². The number of guanidine groups is 1. The summed E-state index contributed by atoms with van der Waals surface area (Å²) in [7, 11) is 3.54. The van der Waals surface area contributed by atoms with Crippen molar-refractivity contribution in [1.29, 1.82) is 0 Å². The number of fused-ring (bicyclic) bond motifs is 5. The molecule has 2 bridgehead atoms. The number of nitrogens with one attached hydrogen (secondary N) is 1. The number of carbonyl (C=O) groups excluding carboxylic acids is 1. The second kappa shape index (κ2) is 8.43. The highest BCUT2D eigenvalue weighted by Gasteiger charge is 2.53. The van der Waals surface area contributed by atoms with Crippen LogP contribution in [0.3, 0.4) is 0 Å². The lowest BCUT2D eigenvalue weighted by Crippen LogP contribution is -2.41. The maximum absolute atomic E-state index is 12.0. The molecule has 3 aliphatic heterocycles. The fourth-order valence-corrected chi connectivity index (χ4v) is 4.91. The van der Waals surface area contributed by atoms with Crippen molar-refractivity contribution >= 4 is 47.2 Å². The molecule has 4 heterocycles. The van der Waals surface area contributed by atoms with Crippen molar-refractivity contribution in [2.45, 2.75) is 31.6 Å². The van der Waals surface area contributed by atoms with Gasteiger partial charge in [0.25, 0.3) is 0 Å². The number of aliphatic imine (C=N–C) groups is 1. The van der Waals surface area contributed by atoms with E-state index in [0.29, 0.717) is 24.0 Å². The van der Waals surface area contributed by atoms with Crippen LogP contribution in [0.15, 0.2) is 22.5 Å². The van der Waals surface area contributed by atoms with Gasteiger partial charge in [-0.1, -0.05) is 6.07 Å². The molecule has 8 heteroatoms. The van der Waals surface area contributed by atoms with Crippen LogP contribution in [0.25, 0.3) is 0 Å². The number of thiophene rings is 1. The van der Waals surface area contributed by atoms with Crippen molar-refractivity contribution in [2.75, 3.05) is 33.7 Å². The van der Waals surface area contributed by atoms with Crippen LogP contribution in [0, 0.1) is 11.8 Å². The van der Waals surface area contributed by atoms with Gasteiger partial charge in [-0.2, -0.15) is 0 Å². The van der Waals surface area contributed by atoms with Crippen LogP contribution >= 0.6 is 35.3 Å². The fourth-order valence-electron chi connectivity index (χ4n) is 4.26. The molecule has 26 heavy (non-hydrogen) atoms. The predicted molar refractivity (Wildman–Crippen MR) is 114 cm³/mol. The second-order valence-corrected chi connectivity index (χ2v) is 8.42. The lowest BCUT2D eigenvalue weighted by Gasteiger charge is -2.24. The molecule has 0 saturated carbocycles. The molecule has 4 atom stereocenters. The van der Waals surface area contributed by atoms with E-state index < -0.39 is 0 Å². The molecule has 1 aromatic heterocycles. The summed E-state index contributed by atoms with van der Waals surface area (Å²) in [6.45, 7) is 2.91. The first-order valence-electron chi connectivity index (χ1n) is 9.03. The Morgan fingerprint density at radius 3 is 2.62 bits per heavy atom. The van der Waals surface area contributed by atoms with Crippen molar-refractivity contribution in [1.82, 2.24) is 15.1 Å². The minimum atomic E-state index is 0. The van der Waals surface area contributed by atoms with Crippen LogP contribution in [0.5, 0.6) is 0 Å². The van der Waals surface area contributed by atoms with Crippen LogP contribution < -0.4 is 5.32 Å². The predicted octanol–water partition coefficient (Wildman–Crippen LogP) is 2.01. The number of nitrogens with zero attached hydrogens (tertiary/aromatic N) is 3. The molecule has 0 radical (unpaired) electrons. The van der Waals surface area contributed by atoms with Gasteiger partial charge in [-0.05, 0) is 24.3 Å². The van der Waals surface area contributed by atoms with Crippen LogP contribution in [-0.2, 0) is 16.1 Å². The molecular formula is C18H27IN4O2S.